The molecular weight excluding hydrogens is 577 g/mol. The van der Waals surface area contributed by atoms with E-state index in [1.807, 2.05) is 0 Å². The Labute approximate surface area is 308 Å². The normalized spacial score (nSPS) is 26.8. The molecular formula is C48H98. The van der Waals surface area contributed by atoms with Gasteiger partial charge in [-0.05, 0) is 130 Å². The molecule has 22 unspecified atom stereocenters. The largest absolute Gasteiger partial charge is 0.0651 e. The third-order valence-corrected chi connectivity index (χ3v) is 18.8. The fourth-order valence-corrected chi connectivity index (χ4v) is 10.4. The van der Waals surface area contributed by atoms with Crippen LogP contribution in [0.15, 0.2) is 0 Å². The molecule has 0 aromatic heterocycles. The first-order valence-corrected chi connectivity index (χ1v) is 21.9. The average molecular weight is 675 g/mol. The predicted octanol–water partition coefficient (Wildman–Crippen LogP) is 15.8. The number of hydrogen-bond donors (Lipinski definition) is 0. The monoisotopic (exact) mass is 675 g/mol. The van der Waals surface area contributed by atoms with Crippen molar-refractivity contribution in [2.45, 2.75) is 179 Å². The van der Waals surface area contributed by atoms with Crippen molar-refractivity contribution in [3.05, 3.63) is 0 Å². The fourth-order valence-electron chi connectivity index (χ4n) is 10.4. The van der Waals surface area contributed by atoms with E-state index in [2.05, 4.69) is 166 Å². The van der Waals surface area contributed by atoms with E-state index in [4.69, 9.17) is 0 Å². The SMILES string of the molecule is CCC(C)C(C)C(C)C(C)C(C)C(C)C(C)C(C)C(C)C(C)C(C)C(C)C(C)C(C)C(C)C(C)C(C)C(C)C(C)C(C)C(C)C(C)CC. The maximum Gasteiger partial charge on any atom is -0.0386 e. The lowest BCUT2D eigenvalue weighted by molar-refractivity contribution is 0.0439. The summed E-state index contributed by atoms with van der Waals surface area (Å²) >= 11 is 0. The first kappa shape index (κ1) is 48.0. The molecule has 0 saturated heterocycles. The molecule has 0 fully saturated rings. The van der Waals surface area contributed by atoms with Crippen molar-refractivity contribution >= 4 is 0 Å². The van der Waals surface area contributed by atoms with Gasteiger partial charge >= 0.3 is 0 Å². The Hall–Kier alpha value is 0. The Morgan fingerprint density at radius 2 is 0.250 bits per heavy atom. The van der Waals surface area contributed by atoms with Gasteiger partial charge in [-0.25, -0.2) is 0 Å². The molecule has 0 spiro atoms. The molecule has 0 aliphatic rings. The van der Waals surface area contributed by atoms with E-state index in [-0.39, 0.29) is 0 Å². The molecule has 0 heterocycles. The van der Waals surface area contributed by atoms with Gasteiger partial charge in [0.25, 0.3) is 0 Å². The fraction of sp³-hybridized carbons (Fsp3) is 1.00. The minimum Gasteiger partial charge on any atom is -0.0651 e. The molecule has 0 nitrogen and oxygen atoms in total. The highest BCUT2D eigenvalue weighted by Gasteiger charge is 2.39. The van der Waals surface area contributed by atoms with Gasteiger partial charge in [0.1, 0.15) is 0 Å². The van der Waals surface area contributed by atoms with Gasteiger partial charge in [0.2, 0.25) is 0 Å². The van der Waals surface area contributed by atoms with Gasteiger partial charge in [0, 0.05) is 0 Å². The molecule has 0 aromatic rings. The summed E-state index contributed by atoms with van der Waals surface area (Å²) in [5.74, 6) is 16.7. The standard InChI is InChI=1S/C48H98/c1-25-27(3)29(5)31(7)33(9)35(11)37(13)39(15)41(17)43(19)45(21)47(23)48(24)46(22)44(20)42(18)40(16)38(14)36(12)34(10)32(8)30(6)28(4)26-2/h27-48H,25-26H2,1-24H3. The lowest BCUT2D eigenvalue weighted by atomic mass is 9.61. The lowest BCUT2D eigenvalue weighted by Gasteiger charge is -2.44. The van der Waals surface area contributed by atoms with Gasteiger partial charge in [-0.15, -0.1) is 0 Å². The molecule has 22 atom stereocenters. The van der Waals surface area contributed by atoms with E-state index in [1.165, 1.54) is 12.8 Å². The van der Waals surface area contributed by atoms with E-state index in [1.54, 1.807) is 0 Å². The first-order chi connectivity index (χ1) is 21.9. The molecule has 0 N–H and O–H groups in total. The second-order valence-electron chi connectivity index (χ2n) is 20.0. The molecule has 0 aliphatic heterocycles. The minimum atomic E-state index is 0.733. The lowest BCUT2D eigenvalue weighted by Crippen LogP contribution is -2.38. The van der Waals surface area contributed by atoms with E-state index in [9.17, 15) is 0 Å². The molecule has 290 valence electrons. The van der Waals surface area contributed by atoms with Gasteiger partial charge in [0.05, 0.1) is 0 Å². The molecule has 48 heavy (non-hydrogen) atoms. The summed E-state index contributed by atoms with van der Waals surface area (Å²) in [4.78, 5) is 0. The third-order valence-electron chi connectivity index (χ3n) is 18.8. The summed E-state index contributed by atoms with van der Waals surface area (Å²) in [5.41, 5.74) is 0. The zero-order chi connectivity index (χ0) is 38.1. The van der Waals surface area contributed by atoms with E-state index >= 15 is 0 Å². The Morgan fingerprint density at radius 3 is 0.333 bits per heavy atom. The van der Waals surface area contributed by atoms with Gasteiger partial charge in [0.15, 0.2) is 0 Å². The van der Waals surface area contributed by atoms with Crippen LogP contribution in [0.5, 0.6) is 0 Å². The summed E-state index contributed by atoms with van der Waals surface area (Å²) in [7, 11) is 0. The van der Waals surface area contributed by atoms with Crippen LogP contribution >= 0.6 is 0 Å². The van der Waals surface area contributed by atoms with Crippen LogP contribution in [0.2, 0.25) is 0 Å². The van der Waals surface area contributed by atoms with Crippen LogP contribution in [-0.4, -0.2) is 0 Å². The van der Waals surface area contributed by atoms with Crippen molar-refractivity contribution in [3.8, 4) is 0 Å². The topological polar surface area (TPSA) is 0 Å². The molecule has 0 amide bonds. The Balaban J connectivity index is 5.53. The summed E-state index contributed by atoms with van der Waals surface area (Å²) in [6.45, 7) is 61.0. The molecule has 0 saturated carbocycles. The molecule has 0 heteroatoms. The Kier molecular flexibility index (Phi) is 21.5. The highest BCUT2D eigenvalue weighted by molar-refractivity contribution is 4.88. The third kappa shape index (κ3) is 12.0. The van der Waals surface area contributed by atoms with Crippen LogP contribution in [0.1, 0.15) is 179 Å². The molecule has 0 rings (SSSR count). The molecule has 0 aliphatic carbocycles. The summed E-state index contributed by atoms with van der Waals surface area (Å²) in [5, 5.41) is 0. The summed E-state index contributed by atoms with van der Waals surface area (Å²) < 4.78 is 0. The quantitative estimate of drug-likeness (QED) is 0.101. The Bertz CT molecular complexity index is 760. The van der Waals surface area contributed by atoms with Gasteiger partial charge < -0.3 is 0 Å². The highest BCUT2D eigenvalue weighted by atomic mass is 14.4. The van der Waals surface area contributed by atoms with Crippen molar-refractivity contribution in [1.29, 1.82) is 0 Å². The summed E-state index contributed by atoms with van der Waals surface area (Å²) in [6.07, 6.45) is 2.60. The van der Waals surface area contributed by atoms with E-state index < -0.39 is 0 Å². The summed E-state index contributed by atoms with van der Waals surface area (Å²) in [6, 6.07) is 0. The van der Waals surface area contributed by atoms with Crippen molar-refractivity contribution in [2.75, 3.05) is 0 Å². The van der Waals surface area contributed by atoms with E-state index in [0.29, 0.717) is 0 Å². The second kappa shape index (κ2) is 21.5. The second-order valence-corrected chi connectivity index (χ2v) is 20.0. The molecule has 0 radical (unpaired) electrons. The van der Waals surface area contributed by atoms with Crippen molar-refractivity contribution in [1.82, 2.24) is 0 Å². The maximum atomic E-state index is 2.60. The Morgan fingerprint density at radius 1 is 0.167 bits per heavy atom. The predicted molar refractivity (Wildman–Crippen MR) is 222 cm³/mol. The van der Waals surface area contributed by atoms with Gasteiger partial charge in [-0.3, -0.25) is 0 Å². The van der Waals surface area contributed by atoms with Crippen LogP contribution in [0.4, 0.5) is 0 Å². The molecule has 0 bridgehead atoms. The minimum absolute atomic E-state index is 0.733. The van der Waals surface area contributed by atoms with Crippen LogP contribution in [0, 0.1) is 130 Å². The van der Waals surface area contributed by atoms with Crippen LogP contribution in [0.3, 0.4) is 0 Å². The van der Waals surface area contributed by atoms with Gasteiger partial charge in [-0.2, -0.15) is 0 Å². The van der Waals surface area contributed by atoms with Crippen molar-refractivity contribution in [3.63, 3.8) is 0 Å². The maximum absolute atomic E-state index is 2.60. The van der Waals surface area contributed by atoms with Gasteiger partial charge in [-0.1, -0.05) is 179 Å². The van der Waals surface area contributed by atoms with E-state index in [0.717, 1.165) is 130 Å². The smallest absolute Gasteiger partial charge is 0.0386 e. The van der Waals surface area contributed by atoms with Crippen LogP contribution < -0.4 is 0 Å². The molecule has 0 aromatic carbocycles. The van der Waals surface area contributed by atoms with Crippen LogP contribution in [-0.2, 0) is 0 Å². The van der Waals surface area contributed by atoms with Crippen molar-refractivity contribution < 1.29 is 0 Å². The zero-order valence-corrected chi connectivity index (χ0v) is 38.1. The first-order valence-electron chi connectivity index (χ1n) is 21.9. The number of rotatable bonds is 23. The zero-order valence-electron chi connectivity index (χ0n) is 38.1. The average Bonchev–Trinajstić information content (AvgIpc) is 3.10. The van der Waals surface area contributed by atoms with Crippen LogP contribution in [0.25, 0.3) is 0 Å². The number of hydrogen-bond acceptors (Lipinski definition) is 0. The van der Waals surface area contributed by atoms with Crippen molar-refractivity contribution in [2.24, 2.45) is 130 Å². The highest BCUT2D eigenvalue weighted by Crippen LogP contribution is 2.46.